The monoisotopic (exact) mass is 292 g/mol. The highest BCUT2D eigenvalue weighted by Gasteiger charge is 2.37. The summed E-state index contributed by atoms with van der Waals surface area (Å²) in [5.74, 6) is 0.0298. The van der Waals surface area contributed by atoms with Gasteiger partial charge in [0.2, 0.25) is 5.91 Å². The largest absolute Gasteiger partial charge is 0.478 e. The molecule has 1 heterocycles. The molecule has 0 bridgehead atoms. The fourth-order valence-corrected chi connectivity index (χ4v) is 2.24. The maximum absolute atomic E-state index is 12.5. The van der Waals surface area contributed by atoms with E-state index in [4.69, 9.17) is 4.74 Å². The molecule has 6 nitrogen and oxygen atoms in total. The molecule has 2 N–H and O–H groups in total. The van der Waals surface area contributed by atoms with Crippen LogP contribution in [-0.2, 0) is 16.2 Å². The summed E-state index contributed by atoms with van der Waals surface area (Å²) in [6, 6.07) is 5.11. The summed E-state index contributed by atoms with van der Waals surface area (Å²) in [6.45, 7) is 3.63. The molecule has 2 amide bonds. The first-order valence-corrected chi connectivity index (χ1v) is 6.90. The third-order valence-electron chi connectivity index (χ3n) is 3.45. The number of ether oxygens (including phenoxy) is 1. The van der Waals surface area contributed by atoms with Crippen LogP contribution in [-0.4, -0.2) is 36.6 Å². The predicted octanol–water partition coefficient (Wildman–Crippen LogP) is 0.675. The van der Waals surface area contributed by atoms with E-state index in [2.05, 4.69) is 5.32 Å². The molecule has 0 fully saturated rings. The SMILES string of the molecule is CNC(=O)CN1C(=O)C(C(C)C)Oc2cc(CO)ccc21. The number of carbonyl (C=O) groups excluding carboxylic acids is 2. The third kappa shape index (κ3) is 3.00. The molecule has 1 aromatic carbocycles. The molecule has 1 aliphatic rings. The van der Waals surface area contributed by atoms with Gasteiger partial charge in [-0.05, 0) is 23.6 Å². The van der Waals surface area contributed by atoms with Crippen molar-refractivity contribution in [2.24, 2.45) is 5.92 Å². The molecule has 0 saturated heterocycles. The van der Waals surface area contributed by atoms with Crippen molar-refractivity contribution >= 4 is 17.5 Å². The highest BCUT2D eigenvalue weighted by atomic mass is 16.5. The molecule has 1 aliphatic heterocycles. The molecule has 1 aromatic rings. The fraction of sp³-hybridized carbons (Fsp3) is 0.467. The van der Waals surface area contributed by atoms with Crippen molar-refractivity contribution in [1.82, 2.24) is 5.32 Å². The summed E-state index contributed by atoms with van der Waals surface area (Å²) in [5.41, 5.74) is 1.25. The number of hydrogen-bond donors (Lipinski definition) is 2. The first kappa shape index (κ1) is 15.3. The molecular weight excluding hydrogens is 272 g/mol. The van der Waals surface area contributed by atoms with Crippen LogP contribution in [0.2, 0.25) is 0 Å². The maximum Gasteiger partial charge on any atom is 0.268 e. The smallest absolute Gasteiger partial charge is 0.268 e. The molecule has 1 unspecified atom stereocenters. The number of amides is 2. The first-order valence-electron chi connectivity index (χ1n) is 6.90. The summed E-state index contributed by atoms with van der Waals surface area (Å²) < 4.78 is 5.76. The van der Waals surface area contributed by atoms with Crippen molar-refractivity contribution in [2.75, 3.05) is 18.5 Å². The Balaban J connectivity index is 2.43. The average Bonchev–Trinajstić information content (AvgIpc) is 2.48. The van der Waals surface area contributed by atoms with Gasteiger partial charge >= 0.3 is 0 Å². The van der Waals surface area contributed by atoms with Gasteiger partial charge in [0.15, 0.2) is 6.10 Å². The second-order valence-corrected chi connectivity index (χ2v) is 5.34. The van der Waals surface area contributed by atoms with Crippen LogP contribution in [0.25, 0.3) is 0 Å². The lowest BCUT2D eigenvalue weighted by atomic mass is 10.0. The zero-order valence-corrected chi connectivity index (χ0v) is 12.4. The Morgan fingerprint density at radius 3 is 2.76 bits per heavy atom. The maximum atomic E-state index is 12.5. The minimum Gasteiger partial charge on any atom is -0.478 e. The molecular formula is C15H20N2O4. The molecule has 0 spiro atoms. The number of hydrogen-bond acceptors (Lipinski definition) is 4. The number of aliphatic hydroxyl groups excluding tert-OH is 1. The zero-order chi connectivity index (χ0) is 15.6. The van der Waals surface area contributed by atoms with E-state index in [1.165, 1.54) is 11.9 Å². The number of fused-ring (bicyclic) bond motifs is 1. The minimum absolute atomic E-state index is 0.0179. The van der Waals surface area contributed by atoms with Gasteiger partial charge in [-0.2, -0.15) is 0 Å². The van der Waals surface area contributed by atoms with E-state index in [9.17, 15) is 14.7 Å². The van der Waals surface area contributed by atoms with Crippen molar-refractivity contribution in [3.05, 3.63) is 23.8 Å². The van der Waals surface area contributed by atoms with Crippen LogP contribution >= 0.6 is 0 Å². The first-order chi connectivity index (χ1) is 9.97. The Bertz CT molecular complexity index is 557. The Kier molecular flexibility index (Phi) is 4.47. The Morgan fingerprint density at radius 2 is 2.19 bits per heavy atom. The van der Waals surface area contributed by atoms with Crippen LogP contribution in [0.15, 0.2) is 18.2 Å². The van der Waals surface area contributed by atoms with E-state index in [0.717, 1.165) is 0 Å². The minimum atomic E-state index is -0.629. The predicted molar refractivity (Wildman–Crippen MR) is 78.0 cm³/mol. The molecule has 0 radical (unpaired) electrons. The van der Waals surface area contributed by atoms with Crippen molar-refractivity contribution in [1.29, 1.82) is 0 Å². The van der Waals surface area contributed by atoms with Crippen molar-refractivity contribution in [2.45, 2.75) is 26.6 Å². The van der Waals surface area contributed by atoms with E-state index in [1.807, 2.05) is 13.8 Å². The van der Waals surface area contributed by atoms with Gasteiger partial charge in [0.25, 0.3) is 5.91 Å². The van der Waals surface area contributed by atoms with Gasteiger partial charge in [-0.25, -0.2) is 0 Å². The van der Waals surface area contributed by atoms with Crippen LogP contribution < -0.4 is 15.0 Å². The number of benzene rings is 1. The van der Waals surface area contributed by atoms with Crippen LogP contribution in [0.4, 0.5) is 5.69 Å². The van der Waals surface area contributed by atoms with Gasteiger partial charge in [-0.1, -0.05) is 19.9 Å². The summed E-state index contributed by atoms with van der Waals surface area (Å²) in [7, 11) is 1.53. The lowest BCUT2D eigenvalue weighted by molar-refractivity contribution is -0.130. The van der Waals surface area contributed by atoms with Gasteiger partial charge in [-0.15, -0.1) is 0 Å². The Labute approximate surface area is 123 Å². The molecule has 0 saturated carbocycles. The second kappa shape index (κ2) is 6.13. The highest BCUT2D eigenvalue weighted by molar-refractivity contribution is 6.04. The van der Waals surface area contributed by atoms with E-state index >= 15 is 0 Å². The molecule has 1 atom stereocenters. The normalized spacial score (nSPS) is 17.5. The average molecular weight is 292 g/mol. The van der Waals surface area contributed by atoms with Crippen LogP contribution in [0, 0.1) is 5.92 Å². The molecule has 0 aromatic heterocycles. The second-order valence-electron chi connectivity index (χ2n) is 5.34. The number of nitrogens with zero attached hydrogens (tertiary/aromatic N) is 1. The topological polar surface area (TPSA) is 78.9 Å². The number of nitrogens with one attached hydrogen (secondary N) is 1. The van der Waals surface area contributed by atoms with E-state index < -0.39 is 6.10 Å². The number of carbonyl (C=O) groups is 2. The summed E-state index contributed by atoms with van der Waals surface area (Å²) in [5, 5.41) is 11.7. The summed E-state index contributed by atoms with van der Waals surface area (Å²) in [6.07, 6.45) is -0.629. The van der Waals surface area contributed by atoms with Gasteiger partial charge < -0.3 is 15.2 Å². The zero-order valence-electron chi connectivity index (χ0n) is 12.4. The van der Waals surface area contributed by atoms with Gasteiger partial charge in [0.1, 0.15) is 12.3 Å². The van der Waals surface area contributed by atoms with Crippen LogP contribution in [0.3, 0.4) is 0 Å². The number of aliphatic hydroxyl groups is 1. The quantitative estimate of drug-likeness (QED) is 0.855. The number of rotatable bonds is 4. The highest BCUT2D eigenvalue weighted by Crippen LogP contribution is 2.36. The van der Waals surface area contributed by atoms with Crippen molar-refractivity contribution in [3.8, 4) is 5.75 Å². The third-order valence-corrected chi connectivity index (χ3v) is 3.45. The molecule has 2 rings (SSSR count). The lowest BCUT2D eigenvalue weighted by Gasteiger charge is -2.35. The fourth-order valence-electron chi connectivity index (χ4n) is 2.24. The van der Waals surface area contributed by atoms with Gasteiger partial charge in [0, 0.05) is 7.05 Å². The Hall–Kier alpha value is -2.08. The standard InChI is InChI=1S/C15H20N2O4/c1-9(2)14-15(20)17(7-13(19)16-3)11-5-4-10(8-18)6-12(11)21-14/h4-6,9,14,18H,7-8H2,1-3H3,(H,16,19). The molecule has 6 heteroatoms. The van der Waals surface area contributed by atoms with Gasteiger partial charge in [-0.3, -0.25) is 14.5 Å². The van der Waals surface area contributed by atoms with E-state index in [1.54, 1.807) is 18.2 Å². The Morgan fingerprint density at radius 1 is 1.48 bits per heavy atom. The lowest BCUT2D eigenvalue weighted by Crippen LogP contribution is -2.51. The summed E-state index contributed by atoms with van der Waals surface area (Å²) >= 11 is 0. The molecule has 114 valence electrons. The number of likely N-dealkylation sites (N-methyl/N-ethyl adjacent to an activating group) is 1. The number of anilines is 1. The van der Waals surface area contributed by atoms with Crippen molar-refractivity contribution < 1.29 is 19.4 Å². The molecule has 0 aliphatic carbocycles. The molecule has 21 heavy (non-hydrogen) atoms. The van der Waals surface area contributed by atoms with Crippen LogP contribution in [0.1, 0.15) is 19.4 Å². The van der Waals surface area contributed by atoms with Crippen LogP contribution in [0.5, 0.6) is 5.75 Å². The van der Waals surface area contributed by atoms with E-state index in [-0.39, 0.29) is 30.9 Å². The van der Waals surface area contributed by atoms with Crippen molar-refractivity contribution in [3.63, 3.8) is 0 Å². The van der Waals surface area contributed by atoms with Gasteiger partial charge in [0.05, 0.1) is 12.3 Å². The summed E-state index contributed by atoms with van der Waals surface area (Å²) in [4.78, 5) is 25.6. The van der Waals surface area contributed by atoms with E-state index in [0.29, 0.717) is 17.0 Å².